The van der Waals surface area contributed by atoms with E-state index in [9.17, 15) is 24.9 Å². The number of ether oxygens (including phenoxy) is 1. The van der Waals surface area contributed by atoms with Crippen LogP contribution in [0.3, 0.4) is 0 Å². The minimum Gasteiger partial charge on any atom is -0.388 e. The minimum absolute atomic E-state index is 0.124. The summed E-state index contributed by atoms with van der Waals surface area (Å²) in [4.78, 5) is 22.6. The van der Waals surface area contributed by atoms with Gasteiger partial charge in [0.05, 0.1) is 0 Å². The zero-order valence-corrected chi connectivity index (χ0v) is 11.7. The number of aliphatic hydroxyl groups is 3. The number of carbonyl (C=O) groups excluding carboxylic acids is 2. The van der Waals surface area contributed by atoms with Crippen LogP contribution in [0.15, 0.2) is 24.8 Å². The van der Waals surface area contributed by atoms with Crippen LogP contribution >= 0.6 is 0 Å². The topological polar surface area (TPSA) is 128 Å². The van der Waals surface area contributed by atoms with Crippen LogP contribution < -0.4 is 10.6 Å². The highest BCUT2D eigenvalue weighted by Crippen LogP contribution is 2.20. The number of amides is 2. The molecule has 8 heteroatoms. The first-order valence-corrected chi connectivity index (χ1v) is 6.34. The molecule has 5 atom stereocenters. The van der Waals surface area contributed by atoms with Gasteiger partial charge in [-0.2, -0.15) is 0 Å². The Hall–Kier alpha value is -1.74. The van der Waals surface area contributed by atoms with Gasteiger partial charge < -0.3 is 30.7 Å². The highest BCUT2D eigenvalue weighted by Gasteiger charge is 2.44. The molecule has 5 unspecified atom stereocenters. The van der Waals surface area contributed by atoms with Crippen LogP contribution in [0.1, 0.15) is 6.92 Å². The van der Waals surface area contributed by atoms with Gasteiger partial charge in [0.25, 0.3) is 0 Å². The van der Waals surface area contributed by atoms with Crippen LogP contribution in [0.5, 0.6) is 0 Å². The van der Waals surface area contributed by atoms with Crippen molar-refractivity contribution in [2.24, 2.45) is 0 Å². The SMILES string of the molecule is C=CC(=O)NCC1OC(O)C(NC(=O)C(=C)C)C(O)C1O. The van der Waals surface area contributed by atoms with Crippen molar-refractivity contribution in [1.82, 2.24) is 10.6 Å². The van der Waals surface area contributed by atoms with E-state index in [-0.39, 0.29) is 12.1 Å². The number of aliphatic hydroxyl groups excluding tert-OH is 3. The van der Waals surface area contributed by atoms with Gasteiger partial charge in [0.1, 0.15) is 24.4 Å². The Morgan fingerprint density at radius 3 is 2.43 bits per heavy atom. The predicted molar refractivity (Wildman–Crippen MR) is 72.8 cm³/mol. The third-order valence-electron chi connectivity index (χ3n) is 3.07. The van der Waals surface area contributed by atoms with Crippen molar-refractivity contribution < 1.29 is 29.6 Å². The molecule has 1 rings (SSSR count). The van der Waals surface area contributed by atoms with Gasteiger partial charge in [-0.05, 0) is 13.0 Å². The molecule has 1 aliphatic rings. The van der Waals surface area contributed by atoms with E-state index in [2.05, 4.69) is 23.8 Å². The molecule has 1 fully saturated rings. The maximum Gasteiger partial charge on any atom is 0.246 e. The van der Waals surface area contributed by atoms with Crippen molar-refractivity contribution in [3.05, 3.63) is 24.8 Å². The summed E-state index contributed by atoms with van der Waals surface area (Å²) >= 11 is 0. The molecule has 5 N–H and O–H groups in total. The first-order valence-electron chi connectivity index (χ1n) is 6.34. The van der Waals surface area contributed by atoms with Gasteiger partial charge in [-0.15, -0.1) is 0 Å². The van der Waals surface area contributed by atoms with Crippen molar-refractivity contribution in [3.63, 3.8) is 0 Å². The smallest absolute Gasteiger partial charge is 0.246 e. The molecule has 8 nitrogen and oxygen atoms in total. The molecule has 0 saturated carbocycles. The Balaban J connectivity index is 2.67. The number of nitrogens with one attached hydrogen (secondary N) is 2. The lowest BCUT2D eigenvalue weighted by atomic mass is 9.96. The Kier molecular flexibility index (Phi) is 6.03. The van der Waals surface area contributed by atoms with Crippen LogP contribution in [0, 0.1) is 0 Å². The summed E-state index contributed by atoms with van der Waals surface area (Å²) in [6.45, 7) is 8.03. The summed E-state index contributed by atoms with van der Waals surface area (Å²) in [5, 5.41) is 34.4. The zero-order chi connectivity index (χ0) is 16.2. The molecule has 0 aromatic heterocycles. The summed E-state index contributed by atoms with van der Waals surface area (Å²) in [7, 11) is 0. The van der Waals surface area contributed by atoms with Gasteiger partial charge in [0.2, 0.25) is 11.8 Å². The van der Waals surface area contributed by atoms with Gasteiger partial charge in [-0.1, -0.05) is 13.2 Å². The van der Waals surface area contributed by atoms with Crippen molar-refractivity contribution in [1.29, 1.82) is 0 Å². The van der Waals surface area contributed by atoms with Gasteiger partial charge >= 0.3 is 0 Å². The Labute approximate surface area is 122 Å². The van der Waals surface area contributed by atoms with Crippen molar-refractivity contribution in [2.75, 3.05) is 6.54 Å². The van der Waals surface area contributed by atoms with Crippen LogP contribution in [0.25, 0.3) is 0 Å². The van der Waals surface area contributed by atoms with Crippen molar-refractivity contribution >= 4 is 11.8 Å². The Bertz CT molecular complexity index is 438. The first-order chi connectivity index (χ1) is 9.77. The van der Waals surface area contributed by atoms with Crippen LogP contribution in [-0.2, 0) is 14.3 Å². The number of rotatable bonds is 5. The maximum atomic E-state index is 11.5. The highest BCUT2D eigenvalue weighted by atomic mass is 16.6. The van der Waals surface area contributed by atoms with E-state index in [0.29, 0.717) is 0 Å². The zero-order valence-electron chi connectivity index (χ0n) is 11.7. The second kappa shape index (κ2) is 7.32. The molecule has 1 saturated heterocycles. The molecule has 0 radical (unpaired) electrons. The lowest BCUT2D eigenvalue weighted by Gasteiger charge is -2.40. The normalized spacial score (nSPS) is 32.1. The van der Waals surface area contributed by atoms with Crippen molar-refractivity contribution in [3.8, 4) is 0 Å². The fraction of sp³-hybridized carbons (Fsp3) is 0.538. The summed E-state index contributed by atoms with van der Waals surface area (Å²) < 4.78 is 5.11. The molecular formula is C13H20N2O6. The summed E-state index contributed by atoms with van der Waals surface area (Å²) in [5.41, 5.74) is 0.184. The largest absolute Gasteiger partial charge is 0.388 e. The molecule has 0 aromatic rings. The second-order valence-corrected chi connectivity index (χ2v) is 4.78. The quantitative estimate of drug-likeness (QED) is 0.366. The lowest BCUT2D eigenvalue weighted by Crippen LogP contribution is -2.65. The summed E-state index contributed by atoms with van der Waals surface area (Å²) in [6, 6.07) is -1.20. The Morgan fingerprint density at radius 2 is 1.90 bits per heavy atom. The first kappa shape index (κ1) is 17.3. The van der Waals surface area contributed by atoms with E-state index in [1.165, 1.54) is 6.92 Å². The molecule has 0 aliphatic carbocycles. The van der Waals surface area contributed by atoms with E-state index < -0.39 is 42.5 Å². The molecule has 118 valence electrons. The number of carbonyl (C=O) groups is 2. The Morgan fingerprint density at radius 1 is 1.29 bits per heavy atom. The van der Waals surface area contributed by atoms with Crippen LogP contribution in [0.4, 0.5) is 0 Å². The summed E-state index contributed by atoms with van der Waals surface area (Å²) in [5.74, 6) is -1.06. The molecule has 21 heavy (non-hydrogen) atoms. The third kappa shape index (κ3) is 4.36. The molecular weight excluding hydrogens is 280 g/mol. The molecule has 0 bridgehead atoms. The fourth-order valence-corrected chi connectivity index (χ4v) is 1.82. The molecule has 1 heterocycles. The minimum atomic E-state index is -1.53. The van der Waals surface area contributed by atoms with Gasteiger partial charge in [0.15, 0.2) is 6.29 Å². The highest BCUT2D eigenvalue weighted by molar-refractivity contribution is 5.92. The van der Waals surface area contributed by atoms with Crippen LogP contribution in [-0.4, -0.2) is 64.3 Å². The van der Waals surface area contributed by atoms with Crippen LogP contribution in [0.2, 0.25) is 0 Å². The second-order valence-electron chi connectivity index (χ2n) is 4.78. The van der Waals surface area contributed by atoms with Crippen molar-refractivity contribution in [2.45, 2.75) is 37.6 Å². The molecule has 0 aromatic carbocycles. The van der Waals surface area contributed by atoms with E-state index in [1.54, 1.807) is 0 Å². The third-order valence-corrected chi connectivity index (χ3v) is 3.07. The average molecular weight is 300 g/mol. The van der Waals surface area contributed by atoms with E-state index in [4.69, 9.17) is 4.74 Å². The average Bonchev–Trinajstić information content (AvgIpc) is 2.44. The van der Waals surface area contributed by atoms with E-state index in [1.807, 2.05) is 0 Å². The molecule has 2 amide bonds. The standard InChI is InChI=1S/C13H20N2O6/c1-4-8(16)14-5-7-10(17)11(18)9(13(20)21-7)15-12(19)6(2)3/h4,7,9-11,13,17-18,20H,1-2,5H2,3H3,(H,14,16)(H,15,19). The molecule has 1 aliphatic heterocycles. The van der Waals surface area contributed by atoms with E-state index in [0.717, 1.165) is 6.08 Å². The number of hydrogen-bond donors (Lipinski definition) is 5. The lowest BCUT2D eigenvalue weighted by molar-refractivity contribution is -0.245. The maximum absolute atomic E-state index is 11.5. The predicted octanol–water partition coefficient (Wildman–Crippen LogP) is -2.21. The van der Waals surface area contributed by atoms with Gasteiger partial charge in [-0.25, -0.2) is 0 Å². The molecule has 0 spiro atoms. The summed E-state index contributed by atoms with van der Waals surface area (Å²) in [6.07, 6.45) is -4.36. The fourth-order valence-electron chi connectivity index (χ4n) is 1.82. The van der Waals surface area contributed by atoms with E-state index >= 15 is 0 Å². The number of hydrogen-bond acceptors (Lipinski definition) is 6. The monoisotopic (exact) mass is 300 g/mol. The van der Waals surface area contributed by atoms with Gasteiger partial charge in [0, 0.05) is 12.1 Å². The van der Waals surface area contributed by atoms with Gasteiger partial charge in [-0.3, -0.25) is 9.59 Å².